The fraction of sp³-hybridized carbons (Fsp3) is 0.600. The summed E-state index contributed by atoms with van der Waals surface area (Å²) in [4.78, 5) is 0. The molecular formula is C15H24N2O. The van der Waals surface area contributed by atoms with Crippen molar-refractivity contribution in [2.24, 2.45) is 16.9 Å². The Balaban J connectivity index is 2.19. The van der Waals surface area contributed by atoms with Crippen LogP contribution in [-0.4, -0.2) is 19.8 Å². The molecule has 100 valence electrons. The normalized spacial score (nSPS) is 20.3. The average Bonchev–Trinajstić information content (AvgIpc) is 2.27. The van der Waals surface area contributed by atoms with Gasteiger partial charge in [0.15, 0.2) is 0 Å². The minimum Gasteiger partial charge on any atom is -0.380 e. The number of nitrogens with two attached hydrogens (primary N) is 2. The zero-order valence-electron chi connectivity index (χ0n) is 11.6. The van der Waals surface area contributed by atoms with Crippen molar-refractivity contribution >= 4 is 0 Å². The highest BCUT2D eigenvalue weighted by atomic mass is 16.5. The SMILES string of the molecule is CC(C)(C)c1ccc(C(N)C2(CN)COC2)cc1. The van der Waals surface area contributed by atoms with Gasteiger partial charge in [-0.15, -0.1) is 0 Å². The van der Waals surface area contributed by atoms with E-state index in [0.29, 0.717) is 19.8 Å². The van der Waals surface area contributed by atoms with Gasteiger partial charge in [-0.3, -0.25) is 0 Å². The molecule has 0 bridgehead atoms. The number of rotatable bonds is 3. The van der Waals surface area contributed by atoms with E-state index in [4.69, 9.17) is 16.2 Å². The van der Waals surface area contributed by atoms with Crippen LogP contribution >= 0.6 is 0 Å². The average molecular weight is 248 g/mol. The van der Waals surface area contributed by atoms with Crippen molar-refractivity contribution in [2.75, 3.05) is 19.8 Å². The lowest BCUT2D eigenvalue weighted by molar-refractivity contribution is -0.121. The van der Waals surface area contributed by atoms with Crippen LogP contribution in [0, 0.1) is 5.41 Å². The van der Waals surface area contributed by atoms with Gasteiger partial charge in [-0.25, -0.2) is 0 Å². The molecule has 18 heavy (non-hydrogen) atoms. The predicted molar refractivity (Wildman–Crippen MR) is 74.4 cm³/mol. The molecule has 0 saturated carbocycles. The third kappa shape index (κ3) is 2.30. The molecule has 3 nitrogen and oxygen atoms in total. The third-order valence-electron chi connectivity index (χ3n) is 3.98. The molecule has 3 heteroatoms. The first kappa shape index (κ1) is 13.5. The van der Waals surface area contributed by atoms with Gasteiger partial charge in [0.2, 0.25) is 0 Å². The zero-order valence-corrected chi connectivity index (χ0v) is 11.6. The molecule has 0 aromatic heterocycles. The van der Waals surface area contributed by atoms with E-state index in [-0.39, 0.29) is 16.9 Å². The molecule has 1 aromatic rings. The summed E-state index contributed by atoms with van der Waals surface area (Å²) in [5.74, 6) is 0. The summed E-state index contributed by atoms with van der Waals surface area (Å²) in [6.07, 6.45) is 0. The highest BCUT2D eigenvalue weighted by Crippen LogP contribution is 2.38. The molecule has 4 N–H and O–H groups in total. The van der Waals surface area contributed by atoms with Crippen LogP contribution in [0.3, 0.4) is 0 Å². The van der Waals surface area contributed by atoms with Gasteiger partial charge in [-0.1, -0.05) is 45.0 Å². The number of ether oxygens (including phenoxy) is 1. The largest absolute Gasteiger partial charge is 0.380 e. The van der Waals surface area contributed by atoms with E-state index >= 15 is 0 Å². The van der Waals surface area contributed by atoms with Crippen LogP contribution in [0.5, 0.6) is 0 Å². The maximum absolute atomic E-state index is 6.34. The van der Waals surface area contributed by atoms with Crippen LogP contribution in [0.2, 0.25) is 0 Å². The molecule has 1 saturated heterocycles. The van der Waals surface area contributed by atoms with Crippen molar-refractivity contribution in [3.8, 4) is 0 Å². The smallest absolute Gasteiger partial charge is 0.0575 e. The zero-order chi connectivity index (χ0) is 13.4. The van der Waals surface area contributed by atoms with Crippen LogP contribution in [0.15, 0.2) is 24.3 Å². The Kier molecular flexibility index (Phi) is 3.49. The van der Waals surface area contributed by atoms with E-state index in [2.05, 4.69) is 45.0 Å². The van der Waals surface area contributed by atoms with Crippen LogP contribution in [-0.2, 0) is 10.2 Å². The number of benzene rings is 1. The van der Waals surface area contributed by atoms with Crippen LogP contribution < -0.4 is 11.5 Å². The first-order chi connectivity index (χ1) is 8.39. The van der Waals surface area contributed by atoms with E-state index in [1.54, 1.807) is 0 Å². The molecule has 1 atom stereocenters. The van der Waals surface area contributed by atoms with Gasteiger partial charge in [-0.2, -0.15) is 0 Å². The van der Waals surface area contributed by atoms with Crippen LogP contribution in [0.4, 0.5) is 0 Å². The molecule has 0 amide bonds. The van der Waals surface area contributed by atoms with Gasteiger partial charge in [0.05, 0.1) is 13.2 Å². The molecule has 2 rings (SSSR count). The molecule has 0 radical (unpaired) electrons. The summed E-state index contributed by atoms with van der Waals surface area (Å²) in [5.41, 5.74) is 14.8. The maximum atomic E-state index is 6.34. The molecule has 0 aliphatic carbocycles. The van der Waals surface area contributed by atoms with Crippen molar-refractivity contribution in [1.82, 2.24) is 0 Å². The second-order valence-electron chi connectivity index (χ2n) is 6.41. The van der Waals surface area contributed by atoms with Crippen molar-refractivity contribution in [2.45, 2.75) is 32.2 Å². The Morgan fingerprint density at radius 1 is 1.22 bits per heavy atom. The lowest BCUT2D eigenvalue weighted by atomic mass is 9.75. The first-order valence-electron chi connectivity index (χ1n) is 6.53. The van der Waals surface area contributed by atoms with Crippen molar-refractivity contribution in [3.63, 3.8) is 0 Å². The molecule has 0 spiro atoms. The lowest BCUT2D eigenvalue weighted by Gasteiger charge is -2.45. The highest BCUT2D eigenvalue weighted by molar-refractivity contribution is 5.30. The molecule has 1 heterocycles. The second-order valence-corrected chi connectivity index (χ2v) is 6.41. The topological polar surface area (TPSA) is 61.3 Å². The van der Waals surface area contributed by atoms with Gasteiger partial charge >= 0.3 is 0 Å². The van der Waals surface area contributed by atoms with E-state index in [1.165, 1.54) is 5.56 Å². The highest BCUT2D eigenvalue weighted by Gasteiger charge is 2.43. The van der Waals surface area contributed by atoms with E-state index in [1.807, 2.05) is 0 Å². The Hall–Kier alpha value is -0.900. The lowest BCUT2D eigenvalue weighted by Crippen LogP contribution is -2.54. The number of hydrogen-bond donors (Lipinski definition) is 2. The summed E-state index contributed by atoms with van der Waals surface area (Å²) in [7, 11) is 0. The van der Waals surface area contributed by atoms with E-state index < -0.39 is 0 Å². The molecule has 1 fully saturated rings. The van der Waals surface area contributed by atoms with Gasteiger partial charge < -0.3 is 16.2 Å². The van der Waals surface area contributed by atoms with Crippen LogP contribution in [0.25, 0.3) is 0 Å². The van der Waals surface area contributed by atoms with Crippen molar-refractivity contribution < 1.29 is 4.74 Å². The maximum Gasteiger partial charge on any atom is 0.0575 e. The van der Waals surface area contributed by atoms with E-state index in [0.717, 1.165) is 5.56 Å². The minimum absolute atomic E-state index is 0.0368. The Morgan fingerprint density at radius 3 is 2.11 bits per heavy atom. The summed E-state index contributed by atoms with van der Waals surface area (Å²) in [6, 6.07) is 8.55. The van der Waals surface area contributed by atoms with E-state index in [9.17, 15) is 0 Å². The Morgan fingerprint density at radius 2 is 1.78 bits per heavy atom. The first-order valence-corrected chi connectivity index (χ1v) is 6.53. The third-order valence-corrected chi connectivity index (χ3v) is 3.98. The monoisotopic (exact) mass is 248 g/mol. The fourth-order valence-corrected chi connectivity index (χ4v) is 2.33. The molecule has 1 aliphatic rings. The summed E-state index contributed by atoms with van der Waals surface area (Å²) in [5, 5.41) is 0. The van der Waals surface area contributed by atoms with Gasteiger partial charge in [0, 0.05) is 18.0 Å². The standard InChI is InChI=1S/C15H24N2O/c1-14(2,3)12-6-4-11(5-7-12)13(17)15(8-16)9-18-10-15/h4-7,13H,8-10,16-17H2,1-3H3. The number of hydrogen-bond acceptors (Lipinski definition) is 3. The van der Waals surface area contributed by atoms with Gasteiger partial charge in [0.1, 0.15) is 0 Å². The fourth-order valence-electron chi connectivity index (χ4n) is 2.33. The summed E-state index contributed by atoms with van der Waals surface area (Å²) < 4.78 is 5.29. The molecule has 1 unspecified atom stereocenters. The predicted octanol–water partition coefficient (Wildman–Crippen LogP) is 1.96. The van der Waals surface area contributed by atoms with Gasteiger partial charge in [-0.05, 0) is 16.5 Å². The van der Waals surface area contributed by atoms with Crippen molar-refractivity contribution in [1.29, 1.82) is 0 Å². The van der Waals surface area contributed by atoms with Crippen molar-refractivity contribution in [3.05, 3.63) is 35.4 Å². The van der Waals surface area contributed by atoms with Crippen LogP contribution in [0.1, 0.15) is 37.9 Å². The summed E-state index contributed by atoms with van der Waals surface area (Å²) >= 11 is 0. The molecule has 1 aliphatic heterocycles. The second kappa shape index (κ2) is 4.65. The quantitative estimate of drug-likeness (QED) is 0.859. The minimum atomic E-state index is -0.0662. The van der Waals surface area contributed by atoms with Gasteiger partial charge in [0.25, 0.3) is 0 Å². The molecular weight excluding hydrogens is 224 g/mol. The molecule has 1 aromatic carbocycles. The Bertz CT molecular complexity index is 396. The Labute approximate surface area is 110 Å². The summed E-state index contributed by atoms with van der Waals surface area (Å²) in [6.45, 7) is 8.56.